The van der Waals surface area contributed by atoms with E-state index in [1.807, 2.05) is 53.1 Å². The first-order valence-corrected chi connectivity index (χ1v) is 11.3. The molecule has 8 nitrogen and oxygen atoms in total. The van der Waals surface area contributed by atoms with Gasteiger partial charge in [0, 0.05) is 34.2 Å². The summed E-state index contributed by atoms with van der Waals surface area (Å²) in [5.41, 5.74) is 3.43. The van der Waals surface area contributed by atoms with Gasteiger partial charge in [-0.2, -0.15) is 10.1 Å². The van der Waals surface area contributed by atoms with Gasteiger partial charge in [-0.3, -0.25) is 19.8 Å². The van der Waals surface area contributed by atoms with E-state index in [1.54, 1.807) is 12.4 Å². The molecule has 2 N–H and O–H groups in total. The van der Waals surface area contributed by atoms with Gasteiger partial charge in [-0.25, -0.2) is 4.98 Å². The number of anilines is 3. The van der Waals surface area contributed by atoms with Crippen molar-refractivity contribution < 1.29 is 4.79 Å². The Morgan fingerprint density at radius 2 is 1.72 bits per heavy atom. The van der Waals surface area contributed by atoms with E-state index >= 15 is 0 Å². The van der Waals surface area contributed by atoms with Crippen LogP contribution in [0.25, 0.3) is 32.6 Å². The zero-order valence-electron chi connectivity index (χ0n) is 19.0. The van der Waals surface area contributed by atoms with E-state index in [9.17, 15) is 4.79 Å². The smallest absolute Gasteiger partial charge is 0.302 e. The number of carbonyl (C=O) groups is 1. The highest BCUT2D eigenvalue weighted by atomic mass is 16.1. The minimum absolute atomic E-state index is 0.0958. The van der Waals surface area contributed by atoms with Crippen LogP contribution in [0.1, 0.15) is 5.56 Å². The maximum atomic E-state index is 11.8. The van der Waals surface area contributed by atoms with Gasteiger partial charge in [0.1, 0.15) is 5.82 Å². The van der Waals surface area contributed by atoms with E-state index in [2.05, 4.69) is 56.0 Å². The van der Waals surface area contributed by atoms with E-state index in [1.165, 1.54) is 5.56 Å². The SMILES string of the molecule is C#CC(=O)Nc1nc(Nc2cc3nn(Cc4ccccc4)cc3c3ccccc23)c2ccncc2n1. The quantitative estimate of drug-likeness (QED) is 0.349. The van der Waals surface area contributed by atoms with Crippen LogP contribution in [0.15, 0.2) is 85.3 Å². The highest BCUT2D eigenvalue weighted by Crippen LogP contribution is 2.34. The van der Waals surface area contributed by atoms with Crippen LogP contribution in [-0.2, 0) is 11.3 Å². The zero-order chi connectivity index (χ0) is 24.5. The van der Waals surface area contributed by atoms with Crippen molar-refractivity contribution in [1.29, 1.82) is 0 Å². The molecule has 3 heterocycles. The summed E-state index contributed by atoms with van der Waals surface area (Å²) in [4.78, 5) is 24.8. The summed E-state index contributed by atoms with van der Waals surface area (Å²) in [6, 6.07) is 22.2. The monoisotopic (exact) mass is 469 g/mol. The van der Waals surface area contributed by atoms with Crippen LogP contribution in [0.4, 0.5) is 17.5 Å². The third-order valence-corrected chi connectivity index (χ3v) is 5.87. The Labute approximate surface area is 206 Å². The molecule has 172 valence electrons. The number of hydrogen-bond donors (Lipinski definition) is 2. The molecule has 0 saturated heterocycles. The van der Waals surface area contributed by atoms with Gasteiger partial charge in [0.25, 0.3) is 0 Å². The number of fused-ring (bicyclic) bond motifs is 4. The van der Waals surface area contributed by atoms with Crippen molar-refractivity contribution in [3.05, 3.63) is 90.9 Å². The van der Waals surface area contributed by atoms with Crippen molar-refractivity contribution in [2.75, 3.05) is 10.6 Å². The Balaban J connectivity index is 1.47. The fraction of sp³-hybridized carbons (Fsp3) is 0.0357. The maximum Gasteiger partial charge on any atom is 0.302 e. The fourth-order valence-electron chi connectivity index (χ4n) is 4.27. The van der Waals surface area contributed by atoms with E-state index in [4.69, 9.17) is 11.5 Å². The molecule has 1 amide bonds. The molecule has 0 bridgehead atoms. The first-order chi connectivity index (χ1) is 17.7. The second-order valence-corrected chi connectivity index (χ2v) is 8.23. The lowest BCUT2D eigenvalue weighted by atomic mass is 10.0. The van der Waals surface area contributed by atoms with Crippen molar-refractivity contribution in [3.63, 3.8) is 0 Å². The number of carbonyl (C=O) groups excluding carboxylic acids is 1. The zero-order valence-corrected chi connectivity index (χ0v) is 19.0. The average molecular weight is 470 g/mol. The van der Waals surface area contributed by atoms with Crippen LogP contribution in [-0.4, -0.2) is 30.6 Å². The summed E-state index contributed by atoms with van der Waals surface area (Å²) >= 11 is 0. The molecule has 0 unspecified atom stereocenters. The average Bonchev–Trinajstić information content (AvgIpc) is 3.31. The van der Waals surface area contributed by atoms with Gasteiger partial charge in [0.15, 0.2) is 0 Å². The lowest BCUT2D eigenvalue weighted by Gasteiger charge is -2.13. The van der Waals surface area contributed by atoms with Gasteiger partial charge >= 0.3 is 5.91 Å². The second kappa shape index (κ2) is 8.81. The standard InChI is InChI=1S/C28H19N7O/c1-2-26(36)32-28-31-25-15-29-13-12-21(25)27(33-28)30-23-14-24-22(19-10-6-7-11-20(19)23)17-35(34-24)16-18-8-4-3-5-9-18/h1,3-15,17H,16H2,(H2,30,31,32,33,36). The third kappa shape index (κ3) is 3.95. The van der Waals surface area contributed by atoms with Crippen LogP contribution in [0.3, 0.4) is 0 Å². The number of benzene rings is 3. The molecule has 0 aliphatic rings. The van der Waals surface area contributed by atoms with Crippen molar-refractivity contribution >= 4 is 55.9 Å². The van der Waals surface area contributed by atoms with Crippen molar-refractivity contribution in [3.8, 4) is 12.3 Å². The predicted molar refractivity (Wildman–Crippen MR) is 141 cm³/mol. The summed E-state index contributed by atoms with van der Waals surface area (Å²) < 4.78 is 1.95. The molecule has 36 heavy (non-hydrogen) atoms. The molecular weight excluding hydrogens is 450 g/mol. The Kier molecular flexibility index (Phi) is 5.20. The number of pyridine rings is 1. The molecular formula is C28H19N7O. The number of hydrogen-bond acceptors (Lipinski definition) is 6. The number of nitrogens with one attached hydrogen (secondary N) is 2. The molecule has 0 fully saturated rings. The van der Waals surface area contributed by atoms with Crippen LogP contribution in [0, 0.1) is 12.3 Å². The van der Waals surface area contributed by atoms with Gasteiger partial charge in [-0.05, 0) is 29.0 Å². The minimum atomic E-state index is -0.625. The molecule has 0 saturated carbocycles. The molecule has 6 aromatic rings. The van der Waals surface area contributed by atoms with Crippen LogP contribution < -0.4 is 10.6 Å². The normalized spacial score (nSPS) is 11.0. The van der Waals surface area contributed by atoms with E-state index in [0.29, 0.717) is 17.9 Å². The molecule has 6 rings (SSSR count). The van der Waals surface area contributed by atoms with Gasteiger partial charge in [-0.15, -0.1) is 6.42 Å². The number of aromatic nitrogens is 5. The topological polar surface area (TPSA) is 97.6 Å². The van der Waals surface area contributed by atoms with Crippen molar-refractivity contribution in [2.45, 2.75) is 6.54 Å². The Morgan fingerprint density at radius 1 is 0.917 bits per heavy atom. The van der Waals surface area contributed by atoms with E-state index in [-0.39, 0.29) is 5.95 Å². The summed E-state index contributed by atoms with van der Waals surface area (Å²) in [7, 11) is 0. The molecule has 3 aromatic heterocycles. The molecule has 0 atom stereocenters. The summed E-state index contributed by atoms with van der Waals surface area (Å²) in [5, 5.41) is 14.7. The Morgan fingerprint density at radius 3 is 2.56 bits per heavy atom. The van der Waals surface area contributed by atoms with Gasteiger partial charge in [0.2, 0.25) is 5.95 Å². The predicted octanol–water partition coefficient (Wildman–Crippen LogP) is 4.89. The number of terminal acetylenes is 1. The lowest BCUT2D eigenvalue weighted by Crippen LogP contribution is -2.12. The molecule has 0 aliphatic heterocycles. The highest BCUT2D eigenvalue weighted by molar-refractivity contribution is 6.13. The molecule has 0 spiro atoms. The molecule has 0 aliphatic carbocycles. The fourth-order valence-corrected chi connectivity index (χ4v) is 4.27. The first kappa shape index (κ1) is 21.3. The van der Waals surface area contributed by atoms with Crippen LogP contribution >= 0.6 is 0 Å². The second-order valence-electron chi connectivity index (χ2n) is 8.23. The Bertz CT molecular complexity index is 1800. The Hall–Kier alpha value is -5.29. The highest BCUT2D eigenvalue weighted by Gasteiger charge is 2.14. The summed E-state index contributed by atoms with van der Waals surface area (Å²) in [5.74, 6) is 2.01. The minimum Gasteiger partial charge on any atom is -0.339 e. The molecule has 0 radical (unpaired) electrons. The number of rotatable bonds is 5. The van der Waals surface area contributed by atoms with Gasteiger partial charge in [-0.1, -0.05) is 54.6 Å². The van der Waals surface area contributed by atoms with Gasteiger partial charge in [0.05, 0.1) is 23.8 Å². The maximum absolute atomic E-state index is 11.8. The van der Waals surface area contributed by atoms with Crippen molar-refractivity contribution in [1.82, 2.24) is 24.7 Å². The molecule has 8 heteroatoms. The first-order valence-electron chi connectivity index (χ1n) is 11.3. The van der Waals surface area contributed by atoms with E-state index < -0.39 is 5.91 Å². The lowest BCUT2D eigenvalue weighted by molar-refractivity contribution is -0.111. The summed E-state index contributed by atoms with van der Waals surface area (Å²) in [6.45, 7) is 0.675. The van der Waals surface area contributed by atoms with E-state index in [0.717, 1.165) is 32.7 Å². The van der Waals surface area contributed by atoms with Crippen molar-refractivity contribution in [2.24, 2.45) is 0 Å². The van der Waals surface area contributed by atoms with Crippen LogP contribution in [0.2, 0.25) is 0 Å². The van der Waals surface area contributed by atoms with Crippen LogP contribution in [0.5, 0.6) is 0 Å². The largest absolute Gasteiger partial charge is 0.339 e. The number of amides is 1. The van der Waals surface area contributed by atoms with Gasteiger partial charge < -0.3 is 5.32 Å². The number of nitrogens with zero attached hydrogens (tertiary/aromatic N) is 5. The third-order valence-electron chi connectivity index (χ3n) is 5.87. The molecule has 3 aromatic carbocycles. The summed E-state index contributed by atoms with van der Waals surface area (Å²) in [6.07, 6.45) is 10.6.